The lowest BCUT2D eigenvalue weighted by Crippen LogP contribution is -2.43. The Kier molecular flexibility index (Phi) is 5.72. The Morgan fingerprint density at radius 2 is 1.63 bits per heavy atom. The molecule has 1 aliphatic carbocycles. The first-order chi connectivity index (χ1) is 12.8. The first kappa shape index (κ1) is 19.6. The standard InChI is InChI=1S/C20H27NO6/c1-21(2)12-14(20(25)10-4-3-5-11-20)13-6-7-15(22)19-18(13)26-16(23)8-9-17(24)27-19/h6-7,14,22,25H,3-5,8-12H2,1-2H3. The van der Waals surface area contributed by atoms with Gasteiger partial charge in [0.2, 0.25) is 5.75 Å². The molecule has 0 amide bonds. The molecule has 7 nitrogen and oxygen atoms in total. The van der Waals surface area contributed by atoms with E-state index in [9.17, 15) is 19.8 Å². The molecule has 0 aromatic heterocycles. The van der Waals surface area contributed by atoms with Crippen molar-refractivity contribution < 1.29 is 29.3 Å². The largest absolute Gasteiger partial charge is 0.504 e. The van der Waals surface area contributed by atoms with Crippen LogP contribution in [0.1, 0.15) is 56.4 Å². The normalized spacial score (nSPS) is 20.9. The van der Waals surface area contributed by atoms with Gasteiger partial charge in [-0.2, -0.15) is 0 Å². The van der Waals surface area contributed by atoms with Crippen LogP contribution in [0, 0.1) is 0 Å². The first-order valence-corrected chi connectivity index (χ1v) is 9.44. The summed E-state index contributed by atoms with van der Waals surface area (Å²) in [6.45, 7) is 0.527. The van der Waals surface area contributed by atoms with E-state index in [2.05, 4.69) is 0 Å². The van der Waals surface area contributed by atoms with E-state index in [-0.39, 0.29) is 36.0 Å². The topological polar surface area (TPSA) is 96.3 Å². The van der Waals surface area contributed by atoms with E-state index in [0.717, 1.165) is 19.3 Å². The fourth-order valence-corrected chi connectivity index (χ4v) is 4.02. The van der Waals surface area contributed by atoms with Crippen LogP contribution in [0.2, 0.25) is 0 Å². The Bertz CT molecular complexity index is 723. The number of benzene rings is 1. The average molecular weight is 377 g/mol. The molecule has 0 saturated heterocycles. The van der Waals surface area contributed by atoms with Gasteiger partial charge >= 0.3 is 11.9 Å². The van der Waals surface area contributed by atoms with Crippen molar-refractivity contribution in [2.45, 2.75) is 56.5 Å². The molecular weight excluding hydrogens is 350 g/mol. The van der Waals surface area contributed by atoms with Crippen molar-refractivity contribution in [2.24, 2.45) is 0 Å². The number of rotatable bonds is 4. The quantitative estimate of drug-likeness (QED) is 0.614. The molecule has 148 valence electrons. The number of hydrogen-bond acceptors (Lipinski definition) is 7. The van der Waals surface area contributed by atoms with E-state index < -0.39 is 17.5 Å². The Labute approximate surface area is 158 Å². The summed E-state index contributed by atoms with van der Waals surface area (Å²) in [6, 6.07) is 3.07. The van der Waals surface area contributed by atoms with Crippen LogP contribution >= 0.6 is 0 Å². The van der Waals surface area contributed by atoms with E-state index in [4.69, 9.17) is 9.47 Å². The fraction of sp³-hybridized carbons (Fsp3) is 0.600. The first-order valence-electron chi connectivity index (χ1n) is 9.44. The third-order valence-corrected chi connectivity index (χ3v) is 5.38. The summed E-state index contributed by atoms with van der Waals surface area (Å²) in [5, 5.41) is 21.6. The molecule has 0 spiro atoms. The minimum Gasteiger partial charge on any atom is -0.504 e. The highest BCUT2D eigenvalue weighted by molar-refractivity contribution is 5.84. The number of carbonyl (C=O) groups excluding carboxylic acids is 2. The van der Waals surface area contributed by atoms with E-state index in [1.807, 2.05) is 19.0 Å². The number of phenolic OH excluding ortho intramolecular Hbond substituents is 1. The molecule has 0 bridgehead atoms. The maximum absolute atomic E-state index is 12.1. The molecule has 1 unspecified atom stereocenters. The van der Waals surface area contributed by atoms with Gasteiger partial charge in [0.05, 0.1) is 18.4 Å². The zero-order chi connectivity index (χ0) is 19.6. The van der Waals surface area contributed by atoms with Crippen LogP contribution in [-0.2, 0) is 9.59 Å². The second kappa shape index (κ2) is 7.86. The highest BCUT2D eigenvalue weighted by Crippen LogP contribution is 2.49. The molecule has 2 N–H and O–H groups in total. The number of phenols is 1. The molecule has 1 heterocycles. The lowest BCUT2D eigenvalue weighted by molar-refractivity contribution is -0.142. The zero-order valence-corrected chi connectivity index (χ0v) is 15.9. The van der Waals surface area contributed by atoms with Crippen LogP contribution in [0.25, 0.3) is 0 Å². The third kappa shape index (κ3) is 4.25. The molecule has 1 aromatic carbocycles. The van der Waals surface area contributed by atoms with Crippen LogP contribution in [0.15, 0.2) is 12.1 Å². The van der Waals surface area contributed by atoms with Gasteiger partial charge in [0.25, 0.3) is 0 Å². The average Bonchev–Trinajstić information content (AvgIpc) is 2.61. The van der Waals surface area contributed by atoms with Gasteiger partial charge in [-0.1, -0.05) is 25.3 Å². The molecule has 1 atom stereocenters. The SMILES string of the molecule is CN(C)CC(c1ccc(O)c2c1OC(=O)CCC(=O)O2)C1(O)CCCCC1. The fourth-order valence-electron chi connectivity index (χ4n) is 4.02. The van der Waals surface area contributed by atoms with Gasteiger partial charge in [0.1, 0.15) is 0 Å². The van der Waals surface area contributed by atoms with Gasteiger partial charge < -0.3 is 24.6 Å². The summed E-state index contributed by atoms with van der Waals surface area (Å²) in [5.74, 6) is -1.88. The number of nitrogens with zero attached hydrogens (tertiary/aromatic N) is 1. The van der Waals surface area contributed by atoms with E-state index >= 15 is 0 Å². The van der Waals surface area contributed by atoms with Crippen LogP contribution in [0.3, 0.4) is 0 Å². The van der Waals surface area contributed by atoms with Crippen molar-refractivity contribution in [1.29, 1.82) is 0 Å². The molecule has 1 aliphatic heterocycles. The van der Waals surface area contributed by atoms with Gasteiger partial charge in [0.15, 0.2) is 11.5 Å². The van der Waals surface area contributed by atoms with Crippen molar-refractivity contribution in [3.05, 3.63) is 17.7 Å². The van der Waals surface area contributed by atoms with E-state index in [1.165, 1.54) is 6.07 Å². The predicted molar refractivity (Wildman–Crippen MR) is 97.9 cm³/mol. The number of fused-ring (bicyclic) bond motifs is 1. The Balaban J connectivity index is 2.12. The smallest absolute Gasteiger partial charge is 0.312 e. The van der Waals surface area contributed by atoms with E-state index in [0.29, 0.717) is 24.9 Å². The van der Waals surface area contributed by atoms with Gasteiger partial charge in [-0.05, 0) is 33.0 Å². The van der Waals surface area contributed by atoms with Crippen LogP contribution in [0.4, 0.5) is 0 Å². The molecule has 1 aromatic rings. The summed E-state index contributed by atoms with van der Waals surface area (Å²) < 4.78 is 10.8. The van der Waals surface area contributed by atoms with Crippen molar-refractivity contribution in [2.75, 3.05) is 20.6 Å². The lowest BCUT2D eigenvalue weighted by Gasteiger charge is -2.41. The van der Waals surface area contributed by atoms with E-state index in [1.54, 1.807) is 6.07 Å². The molecule has 27 heavy (non-hydrogen) atoms. The number of esters is 2. The molecule has 1 fully saturated rings. The summed E-state index contributed by atoms with van der Waals surface area (Å²) >= 11 is 0. The maximum atomic E-state index is 12.1. The van der Waals surface area contributed by atoms with Gasteiger partial charge in [-0.3, -0.25) is 9.59 Å². The summed E-state index contributed by atoms with van der Waals surface area (Å²) in [6.07, 6.45) is 4.04. The summed E-state index contributed by atoms with van der Waals surface area (Å²) in [5.41, 5.74) is -0.379. The highest BCUT2D eigenvalue weighted by Gasteiger charge is 2.41. The molecule has 7 heteroatoms. The van der Waals surface area contributed by atoms with Crippen molar-refractivity contribution >= 4 is 11.9 Å². The zero-order valence-electron chi connectivity index (χ0n) is 15.9. The molecule has 2 aliphatic rings. The van der Waals surface area contributed by atoms with Crippen LogP contribution in [0.5, 0.6) is 17.2 Å². The molecule has 0 radical (unpaired) electrons. The number of likely N-dealkylation sites (N-methyl/N-ethyl adjacent to an activating group) is 1. The molecule has 3 rings (SSSR count). The maximum Gasteiger partial charge on any atom is 0.312 e. The predicted octanol–water partition coefficient (Wildman–Crippen LogP) is 2.34. The highest BCUT2D eigenvalue weighted by atomic mass is 16.6. The Morgan fingerprint density at radius 3 is 2.22 bits per heavy atom. The molecular formula is C20H27NO6. The number of ether oxygens (including phenoxy) is 2. The van der Waals surface area contributed by atoms with Crippen molar-refractivity contribution in [1.82, 2.24) is 4.90 Å². The second-order valence-electron chi connectivity index (χ2n) is 7.76. The Morgan fingerprint density at radius 1 is 1.04 bits per heavy atom. The molecule has 1 saturated carbocycles. The minimum atomic E-state index is -0.952. The van der Waals surface area contributed by atoms with Crippen LogP contribution in [-0.4, -0.2) is 53.3 Å². The third-order valence-electron chi connectivity index (χ3n) is 5.38. The number of aliphatic hydroxyl groups is 1. The van der Waals surface area contributed by atoms with Gasteiger partial charge in [-0.15, -0.1) is 0 Å². The van der Waals surface area contributed by atoms with Crippen molar-refractivity contribution in [3.63, 3.8) is 0 Å². The Hall–Kier alpha value is -2.12. The summed E-state index contributed by atoms with van der Waals surface area (Å²) in [4.78, 5) is 26.0. The lowest BCUT2D eigenvalue weighted by atomic mass is 9.72. The van der Waals surface area contributed by atoms with Gasteiger partial charge in [-0.25, -0.2) is 0 Å². The van der Waals surface area contributed by atoms with Crippen LogP contribution < -0.4 is 9.47 Å². The number of carbonyl (C=O) groups is 2. The second-order valence-corrected chi connectivity index (χ2v) is 7.76. The van der Waals surface area contributed by atoms with Gasteiger partial charge in [0, 0.05) is 18.0 Å². The number of hydrogen-bond donors (Lipinski definition) is 2. The minimum absolute atomic E-state index is 0.0406. The van der Waals surface area contributed by atoms with Crippen molar-refractivity contribution in [3.8, 4) is 17.2 Å². The summed E-state index contributed by atoms with van der Waals surface area (Å²) in [7, 11) is 3.82. The monoisotopic (exact) mass is 377 g/mol. The number of aromatic hydroxyl groups is 1.